The highest BCUT2D eigenvalue weighted by molar-refractivity contribution is 7.45. The summed E-state index contributed by atoms with van der Waals surface area (Å²) in [4.78, 5) is 52.4. The minimum atomic E-state index is -3.43. The first kappa shape index (κ1) is 39.7. The fourth-order valence-corrected chi connectivity index (χ4v) is 6.52. The lowest BCUT2D eigenvalue weighted by Gasteiger charge is -2.23. The van der Waals surface area contributed by atoms with Crippen molar-refractivity contribution in [1.29, 1.82) is 0 Å². The molecule has 0 radical (unpaired) electrons. The van der Waals surface area contributed by atoms with Crippen LogP contribution in [0.25, 0.3) is 0 Å². The molecule has 2 aliphatic heterocycles. The van der Waals surface area contributed by atoms with Crippen LogP contribution in [0.3, 0.4) is 0 Å². The molecule has 15 nitrogen and oxygen atoms in total. The van der Waals surface area contributed by atoms with E-state index >= 15 is 8.78 Å². The van der Waals surface area contributed by atoms with Crippen LogP contribution < -0.4 is 20.6 Å². The third kappa shape index (κ3) is 11.8. The van der Waals surface area contributed by atoms with Gasteiger partial charge in [0.1, 0.15) is 24.8 Å². The highest BCUT2D eigenvalue weighted by Crippen LogP contribution is 2.44. The molecule has 0 bridgehead atoms. The van der Waals surface area contributed by atoms with Crippen LogP contribution in [0.1, 0.15) is 30.2 Å². The third-order valence-electron chi connectivity index (χ3n) is 7.91. The van der Waals surface area contributed by atoms with Crippen LogP contribution in [-0.2, 0) is 36.7 Å². The molecule has 18 heteroatoms. The third-order valence-corrected chi connectivity index (χ3v) is 9.19. The summed E-state index contributed by atoms with van der Waals surface area (Å²) in [6.45, 7) is 0.397. The number of rotatable bonds is 13. The summed E-state index contributed by atoms with van der Waals surface area (Å²) in [7, 11) is -0.211. The Hall–Kier alpha value is -5.48. The summed E-state index contributed by atoms with van der Waals surface area (Å²) >= 11 is 0. The maximum absolute atomic E-state index is 15.0. The molecule has 2 fully saturated rings. The molecule has 2 saturated heterocycles. The van der Waals surface area contributed by atoms with Crippen LogP contribution in [-0.4, -0.2) is 76.0 Å². The molecule has 1 aromatic heterocycles. The van der Waals surface area contributed by atoms with Crippen molar-refractivity contribution in [2.45, 2.75) is 50.4 Å². The lowest BCUT2D eigenvalue weighted by molar-refractivity contribution is -0.128. The Balaban J connectivity index is 0.000000438. The van der Waals surface area contributed by atoms with Gasteiger partial charge in [0.05, 0.1) is 18.8 Å². The standard InChI is InChI=1S/C28H30F2N5O7P.C8H8O3/c1-34-14-12-22(24(34)36)33-43(42-20-10-6-3-7-11-20)40-18-21-16-28(29,30)25(41-21)35-15-13-23(31-26(35)37)32-27(38)39-17-19-8-4-2-5-9-19;9-8(10)11-6-7-4-2-1-3-5-7/h2-11,13,15,21-22,25,33H,12,14,16-18H2,1H3,(H,31,32,37,38);1-5H,6H2,(H,9,10). The van der Waals surface area contributed by atoms with Crippen LogP contribution in [0.2, 0.25) is 0 Å². The van der Waals surface area contributed by atoms with Gasteiger partial charge in [0.25, 0.3) is 5.92 Å². The zero-order chi connectivity index (χ0) is 38.5. The Morgan fingerprint density at radius 2 is 1.56 bits per heavy atom. The number of nitrogens with one attached hydrogen (secondary N) is 2. The predicted molar refractivity (Wildman–Crippen MR) is 191 cm³/mol. The van der Waals surface area contributed by atoms with E-state index in [1.54, 1.807) is 60.5 Å². The van der Waals surface area contributed by atoms with Crippen LogP contribution in [0.4, 0.5) is 24.2 Å². The Morgan fingerprint density at radius 1 is 0.944 bits per heavy atom. The van der Waals surface area contributed by atoms with E-state index in [4.69, 9.17) is 23.6 Å². The summed E-state index contributed by atoms with van der Waals surface area (Å²) in [6, 6.07) is 27.5. The number of likely N-dealkylation sites (tertiary alicyclic amines) is 1. The summed E-state index contributed by atoms with van der Waals surface area (Å²) in [5.41, 5.74) is 0.567. The normalized spacial score (nSPS) is 19.3. The lowest BCUT2D eigenvalue weighted by atomic mass is 10.2. The maximum Gasteiger partial charge on any atom is 0.506 e. The van der Waals surface area contributed by atoms with Crippen LogP contribution in [0.5, 0.6) is 5.75 Å². The number of anilines is 1. The van der Waals surface area contributed by atoms with Gasteiger partial charge in [-0.2, -0.15) is 4.98 Å². The van der Waals surface area contributed by atoms with Gasteiger partial charge in [-0.15, -0.1) is 0 Å². The Bertz CT molecular complexity index is 1900. The van der Waals surface area contributed by atoms with E-state index in [9.17, 15) is 19.2 Å². The van der Waals surface area contributed by atoms with Crippen LogP contribution >= 0.6 is 8.53 Å². The van der Waals surface area contributed by atoms with Gasteiger partial charge in [-0.25, -0.2) is 28.3 Å². The summed E-state index contributed by atoms with van der Waals surface area (Å²) in [5, 5.41) is 13.5. The van der Waals surface area contributed by atoms with Crippen molar-refractivity contribution in [3.05, 3.63) is 125 Å². The second-order valence-corrected chi connectivity index (χ2v) is 13.2. The number of hydrogen-bond acceptors (Lipinski definition) is 11. The van der Waals surface area contributed by atoms with Crippen LogP contribution in [0.15, 0.2) is 108 Å². The molecule has 2 aliphatic rings. The molecule has 0 spiro atoms. The molecule has 4 unspecified atom stereocenters. The number of benzene rings is 3. The van der Waals surface area contributed by atoms with Crippen molar-refractivity contribution in [2.24, 2.45) is 0 Å². The first-order valence-corrected chi connectivity index (χ1v) is 17.8. The van der Waals surface area contributed by atoms with E-state index in [0.717, 1.165) is 17.3 Å². The fourth-order valence-electron chi connectivity index (χ4n) is 5.23. The summed E-state index contributed by atoms with van der Waals surface area (Å²) in [6.07, 6.45) is -4.25. The molecular weight excluding hydrogens is 731 g/mol. The van der Waals surface area contributed by atoms with Gasteiger partial charge in [0.2, 0.25) is 12.1 Å². The van der Waals surface area contributed by atoms with Gasteiger partial charge in [-0.3, -0.25) is 14.7 Å². The molecule has 6 rings (SSSR count). The number of likely N-dealkylation sites (N-methyl/N-ethyl adjacent to an activating group) is 1. The molecule has 3 heterocycles. The molecule has 0 saturated carbocycles. The minimum absolute atomic E-state index is 0.00253. The number of carbonyl (C=O) groups excluding carboxylic acids is 2. The van der Waals surface area contributed by atoms with Gasteiger partial charge >= 0.3 is 26.5 Å². The van der Waals surface area contributed by atoms with E-state index in [-0.39, 0.29) is 31.5 Å². The highest BCUT2D eigenvalue weighted by Gasteiger charge is 2.52. The van der Waals surface area contributed by atoms with Gasteiger partial charge in [0, 0.05) is 26.2 Å². The average molecular weight is 770 g/mol. The number of halogens is 2. The number of nitrogens with zero attached hydrogens (tertiary/aromatic N) is 3. The van der Waals surface area contributed by atoms with E-state index in [0.29, 0.717) is 23.3 Å². The molecule has 4 atom stereocenters. The molecule has 286 valence electrons. The Labute approximate surface area is 309 Å². The van der Waals surface area contributed by atoms with Crippen LogP contribution in [0, 0.1) is 0 Å². The number of amides is 2. The van der Waals surface area contributed by atoms with Crippen molar-refractivity contribution in [1.82, 2.24) is 19.5 Å². The zero-order valence-electron chi connectivity index (χ0n) is 29.0. The van der Waals surface area contributed by atoms with E-state index in [2.05, 4.69) is 20.1 Å². The second kappa shape index (κ2) is 19.0. The highest BCUT2D eigenvalue weighted by atomic mass is 31.2. The summed E-state index contributed by atoms with van der Waals surface area (Å²) in [5.74, 6) is -3.23. The van der Waals surface area contributed by atoms with Gasteiger partial charge < -0.3 is 33.3 Å². The maximum atomic E-state index is 15.0. The predicted octanol–water partition coefficient (Wildman–Crippen LogP) is 5.94. The minimum Gasteiger partial charge on any atom is -0.450 e. The van der Waals surface area contributed by atoms with Crippen molar-refractivity contribution in [2.75, 3.05) is 25.5 Å². The van der Waals surface area contributed by atoms with Crippen molar-refractivity contribution in [3.63, 3.8) is 0 Å². The number of aromatic nitrogens is 2. The fraction of sp³-hybridized carbons (Fsp3) is 0.306. The Morgan fingerprint density at radius 3 is 2.13 bits per heavy atom. The topological polar surface area (TPSA) is 180 Å². The van der Waals surface area contributed by atoms with E-state index in [1.807, 2.05) is 42.5 Å². The molecule has 3 aromatic carbocycles. The molecule has 3 N–H and O–H groups in total. The lowest BCUT2D eigenvalue weighted by Crippen LogP contribution is -2.35. The first-order valence-electron chi connectivity index (χ1n) is 16.6. The number of para-hydroxylation sites is 1. The largest absolute Gasteiger partial charge is 0.506 e. The monoisotopic (exact) mass is 769 g/mol. The van der Waals surface area contributed by atoms with E-state index in [1.165, 1.54) is 6.07 Å². The SMILES string of the molecule is CN1CCC(NP(OCC2CC(F)(F)C(n3ccc(NC(=O)OCc4ccccc4)nc3=O)O2)Oc2ccccc2)C1=O.O=C(O)OCc1ccccc1. The number of carbonyl (C=O) groups is 3. The number of carboxylic acid groups (broad SMARTS) is 1. The zero-order valence-corrected chi connectivity index (χ0v) is 29.9. The van der Waals surface area contributed by atoms with Gasteiger partial charge in [0.15, 0.2) is 0 Å². The molecule has 54 heavy (non-hydrogen) atoms. The van der Waals surface area contributed by atoms with Crippen molar-refractivity contribution < 1.29 is 51.5 Å². The quantitative estimate of drug-likeness (QED) is 0.108. The number of hydrogen-bond donors (Lipinski definition) is 3. The molecule has 2 amide bonds. The number of alkyl halides is 2. The van der Waals surface area contributed by atoms with Crippen molar-refractivity contribution >= 4 is 32.5 Å². The smallest absolute Gasteiger partial charge is 0.450 e. The first-order chi connectivity index (χ1) is 26.0. The molecule has 4 aromatic rings. The summed E-state index contributed by atoms with van der Waals surface area (Å²) < 4.78 is 57.5. The number of ether oxygens (including phenoxy) is 3. The van der Waals surface area contributed by atoms with Crippen molar-refractivity contribution in [3.8, 4) is 5.75 Å². The van der Waals surface area contributed by atoms with Gasteiger partial charge in [-0.05, 0) is 35.7 Å². The average Bonchev–Trinajstić information content (AvgIpc) is 3.65. The molecule has 0 aliphatic carbocycles. The van der Waals surface area contributed by atoms with Gasteiger partial charge in [-0.1, -0.05) is 78.9 Å². The molecular formula is C36H38F2N5O10P. The Kier molecular flexibility index (Phi) is 14.0. The second-order valence-electron chi connectivity index (χ2n) is 12.0. The van der Waals surface area contributed by atoms with E-state index < -0.39 is 57.2 Å².